The summed E-state index contributed by atoms with van der Waals surface area (Å²) in [6, 6.07) is 15.8. The van der Waals surface area contributed by atoms with Gasteiger partial charge in [-0.15, -0.1) is 11.3 Å². The Bertz CT molecular complexity index is 1050. The summed E-state index contributed by atoms with van der Waals surface area (Å²) in [5, 5.41) is 5.61. The summed E-state index contributed by atoms with van der Waals surface area (Å²) in [7, 11) is 0. The van der Waals surface area contributed by atoms with Crippen LogP contribution in [0.3, 0.4) is 0 Å². The second-order valence-electron chi connectivity index (χ2n) is 7.76. The van der Waals surface area contributed by atoms with Crippen molar-refractivity contribution in [1.82, 2.24) is 25.1 Å². The van der Waals surface area contributed by atoms with Crippen molar-refractivity contribution >= 4 is 34.9 Å². The molecule has 1 aromatic carbocycles. The molecule has 4 rings (SSSR count). The molecule has 1 N–H and O–H groups in total. The van der Waals surface area contributed by atoms with Gasteiger partial charge in [0.25, 0.3) is 0 Å². The standard InChI is InChI=1S/C24H27N5O2S2/c30-22(26-16-19-6-2-1-3-7-19)17-28-11-5-12-29(14-13-28)23(31)18-33-24-25-10-9-20(27-24)21-8-4-15-32-21/h1-4,6-10,15H,5,11-14,16-18H2,(H,26,30). The number of benzene rings is 1. The van der Waals surface area contributed by atoms with Crippen molar-refractivity contribution < 1.29 is 9.59 Å². The van der Waals surface area contributed by atoms with E-state index >= 15 is 0 Å². The monoisotopic (exact) mass is 481 g/mol. The van der Waals surface area contributed by atoms with Gasteiger partial charge in [-0.2, -0.15) is 0 Å². The second-order valence-corrected chi connectivity index (χ2v) is 9.65. The SMILES string of the molecule is O=C(CN1CCCN(C(=O)CSc2nccc(-c3cccs3)n2)CC1)NCc1ccccc1. The number of thioether (sulfide) groups is 1. The van der Waals surface area contributed by atoms with Crippen LogP contribution in [0.15, 0.2) is 65.3 Å². The first kappa shape index (κ1) is 23.4. The Morgan fingerprint density at radius 2 is 1.91 bits per heavy atom. The number of rotatable bonds is 8. The number of nitrogens with zero attached hydrogens (tertiary/aromatic N) is 4. The fourth-order valence-corrected chi connectivity index (χ4v) is 5.05. The van der Waals surface area contributed by atoms with Crippen LogP contribution in [0.25, 0.3) is 10.6 Å². The largest absolute Gasteiger partial charge is 0.351 e. The molecule has 0 bridgehead atoms. The normalized spacial score (nSPS) is 14.6. The fraction of sp³-hybridized carbons (Fsp3) is 0.333. The molecule has 9 heteroatoms. The minimum absolute atomic E-state index is 0.0111. The van der Waals surface area contributed by atoms with Gasteiger partial charge in [-0.3, -0.25) is 14.5 Å². The molecule has 0 saturated carbocycles. The van der Waals surface area contributed by atoms with Gasteiger partial charge in [0.1, 0.15) is 0 Å². The minimum atomic E-state index is 0.0111. The number of aromatic nitrogens is 2. The van der Waals surface area contributed by atoms with Crippen molar-refractivity contribution in [2.45, 2.75) is 18.1 Å². The zero-order chi connectivity index (χ0) is 22.9. The molecule has 0 radical (unpaired) electrons. The predicted molar refractivity (Wildman–Crippen MR) is 132 cm³/mol. The van der Waals surface area contributed by atoms with Crippen molar-refractivity contribution in [3.8, 4) is 10.6 Å². The third-order valence-electron chi connectivity index (χ3n) is 5.37. The Kier molecular flexibility index (Phi) is 8.46. The molecule has 33 heavy (non-hydrogen) atoms. The van der Waals surface area contributed by atoms with Crippen LogP contribution in [0.1, 0.15) is 12.0 Å². The van der Waals surface area contributed by atoms with Gasteiger partial charge < -0.3 is 10.2 Å². The highest BCUT2D eigenvalue weighted by atomic mass is 32.2. The van der Waals surface area contributed by atoms with Crippen LogP contribution in [-0.2, 0) is 16.1 Å². The molecule has 0 spiro atoms. The Labute approximate surface area is 202 Å². The van der Waals surface area contributed by atoms with Crippen LogP contribution >= 0.6 is 23.1 Å². The molecule has 7 nitrogen and oxygen atoms in total. The van der Waals surface area contributed by atoms with Crippen LogP contribution in [0.4, 0.5) is 0 Å². The maximum atomic E-state index is 12.8. The lowest BCUT2D eigenvalue weighted by Crippen LogP contribution is -2.40. The Morgan fingerprint density at radius 3 is 2.73 bits per heavy atom. The molecule has 3 aromatic rings. The van der Waals surface area contributed by atoms with Crippen LogP contribution in [0, 0.1) is 0 Å². The van der Waals surface area contributed by atoms with E-state index in [2.05, 4.69) is 20.2 Å². The number of hydrogen-bond donors (Lipinski definition) is 1. The average Bonchev–Trinajstić information content (AvgIpc) is 3.29. The molecule has 1 saturated heterocycles. The summed E-state index contributed by atoms with van der Waals surface area (Å²) in [6.45, 7) is 3.72. The van der Waals surface area contributed by atoms with Gasteiger partial charge in [-0.1, -0.05) is 48.2 Å². The van der Waals surface area contributed by atoms with Crippen molar-refractivity contribution in [2.24, 2.45) is 0 Å². The molecule has 172 valence electrons. The molecule has 2 amide bonds. The van der Waals surface area contributed by atoms with E-state index in [4.69, 9.17) is 0 Å². The van der Waals surface area contributed by atoms with E-state index < -0.39 is 0 Å². The number of carbonyl (C=O) groups excluding carboxylic acids is 2. The Balaban J connectivity index is 1.21. The highest BCUT2D eigenvalue weighted by Crippen LogP contribution is 2.24. The third kappa shape index (κ3) is 7.12. The first-order chi connectivity index (χ1) is 16.2. The zero-order valence-electron chi connectivity index (χ0n) is 18.4. The highest BCUT2D eigenvalue weighted by molar-refractivity contribution is 7.99. The highest BCUT2D eigenvalue weighted by Gasteiger charge is 2.21. The van der Waals surface area contributed by atoms with Crippen molar-refractivity contribution in [3.63, 3.8) is 0 Å². The molecule has 1 aliphatic heterocycles. The lowest BCUT2D eigenvalue weighted by Gasteiger charge is -2.21. The first-order valence-electron chi connectivity index (χ1n) is 11.0. The van der Waals surface area contributed by atoms with Crippen molar-refractivity contribution in [3.05, 3.63) is 65.7 Å². The number of carbonyl (C=O) groups is 2. The smallest absolute Gasteiger partial charge is 0.234 e. The summed E-state index contributed by atoms with van der Waals surface area (Å²) in [4.78, 5) is 39.1. The summed E-state index contributed by atoms with van der Waals surface area (Å²) in [5.74, 6) is 0.406. The van der Waals surface area contributed by atoms with Crippen LogP contribution in [0.5, 0.6) is 0 Å². The van der Waals surface area contributed by atoms with Crippen LogP contribution in [-0.4, -0.2) is 70.1 Å². The summed E-state index contributed by atoms with van der Waals surface area (Å²) in [5.41, 5.74) is 1.96. The number of hydrogen-bond acceptors (Lipinski definition) is 7. The maximum Gasteiger partial charge on any atom is 0.234 e. The molecule has 1 aliphatic rings. The number of nitrogens with one attached hydrogen (secondary N) is 1. The van der Waals surface area contributed by atoms with Crippen molar-refractivity contribution in [2.75, 3.05) is 38.5 Å². The molecule has 3 heterocycles. The molecule has 0 aliphatic carbocycles. The topological polar surface area (TPSA) is 78.4 Å². The van der Waals surface area contributed by atoms with Crippen LogP contribution in [0.2, 0.25) is 0 Å². The van der Waals surface area contributed by atoms with Gasteiger partial charge in [0.05, 0.1) is 22.9 Å². The Hall–Kier alpha value is -2.75. The fourth-order valence-electron chi connectivity index (χ4n) is 3.62. The van der Waals surface area contributed by atoms with Gasteiger partial charge in [0.15, 0.2) is 5.16 Å². The molecule has 2 aromatic heterocycles. The van der Waals surface area contributed by atoms with Crippen molar-refractivity contribution in [1.29, 1.82) is 0 Å². The van der Waals surface area contributed by atoms with Gasteiger partial charge in [-0.05, 0) is 29.5 Å². The predicted octanol–water partition coefficient (Wildman–Crippen LogP) is 3.15. The maximum absolute atomic E-state index is 12.8. The van der Waals surface area contributed by atoms with E-state index in [9.17, 15) is 9.59 Å². The van der Waals surface area contributed by atoms with Gasteiger partial charge >= 0.3 is 0 Å². The number of amides is 2. The van der Waals surface area contributed by atoms with Gasteiger partial charge in [0.2, 0.25) is 11.8 Å². The van der Waals surface area contributed by atoms with Gasteiger partial charge in [0, 0.05) is 38.9 Å². The van der Waals surface area contributed by atoms with E-state index in [0.29, 0.717) is 43.6 Å². The van der Waals surface area contributed by atoms with Crippen LogP contribution < -0.4 is 5.32 Å². The van der Waals surface area contributed by atoms with Gasteiger partial charge in [-0.25, -0.2) is 9.97 Å². The summed E-state index contributed by atoms with van der Waals surface area (Å²) < 4.78 is 0. The van der Waals surface area contributed by atoms with E-state index in [1.165, 1.54) is 11.8 Å². The first-order valence-corrected chi connectivity index (χ1v) is 12.8. The Morgan fingerprint density at radius 1 is 1.03 bits per heavy atom. The quantitative estimate of drug-likeness (QED) is 0.393. The van der Waals surface area contributed by atoms with E-state index in [1.807, 2.05) is 58.8 Å². The molecular weight excluding hydrogens is 454 g/mol. The lowest BCUT2D eigenvalue weighted by molar-refractivity contribution is -0.128. The summed E-state index contributed by atoms with van der Waals surface area (Å²) >= 11 is 3.00. The second kappa shape index (κ2) is 11.9. The zero-order valence-corrected chi connectivity index (χ0v) is 20.0. The minimum Gasteiger partial charge on any atom is -0.351 e. The molecule has 0 unspecified atom stereocenters. The van der Waals surface area contributed by atoms with E-state index in [1.54, 1.807) is 17.5 Å². The average molecular weight is 482 g/mol. The van der Waals surface area contributed by atoms with E-state index in [-0.39, 0.29) is 11.8 Å². The van der Waals surface area contributed by atoms with E-state index in [0.717, 1.165) is 29.1 Å². The lowest BCUT2D eigenvalue weighted by atomic mass is 10.2. The summed E-state index contributed by atoms with van der Waals surface area (Å²) in [6.07, 6.45) is 2.59. The molecule has 1 fully saturated rings. The molecule has 0 atom stereocenters. The molecular formula is C24H27N5O2S2. The third-order valence-corrected chi connectivity index (χ3v) is 7.11. The number of thiophene rings is 1.